The van der Waals surface area contributed by atoms with Crippen molar-refractivity contribution in [2.45, 2.75) is 32.4 Å². The monoisotopic (exact) mass is 287 g/mol. The molecule has 6 nitrogen and oxygen atoms in total. The minimum absolute atomic E-state index is 0.125. The van der Waals surface area contributed by atoms with Gasteiger partial charge in [-0.2, -0.15) is 5.26 Å². The third kappa shape index (κ3) is 2.82. The second kappa shape index (κ2) is 5.83. The van der Waals surface area contributed by atoms with E-state index in [-0.39, 0.29) is 24.3 Å². The van der Waals surface area contributed by atoms with E-state index in [4.69, 9.17) is 10.00 Å². The van der Waals surface area contributed by atoms with E-state index in [9.17, 15) is 9.59 Å². The molecule has 2 rings (SSSR count). The molecule has 6 heteroatoms. The van der Waals surface area contributed by atoms with Crippen LogP contribution in [0.4, 0.5) is 5.69 Å². The Morgan fingerprint density at radius 2 is 2.14 bits per heavy atom. The summed E-state index contributed by atoms with van der Waals surface area (Å²) in [6.07, 6.45) is 0.125. The highest BCUT2D eigenvalue weighted by atomic mass is 16.5. The summed E-state index contributed by atoms with van der Waals surface area (Å²) >= 11 is 0. The fourth-order valence-corrected chi connectivity index (χ4v) is 2.37. The summed E-state index contributed by atoms with van der Waals surface area (Å²) in [5.74, 6) is 0.0545. The number of benzene rings is 1. The number of ether oxygens (including phenoxy) is 1. The molecule has 1 N–H and O–H groups in total. The smallest absolute Gasteiger partial charge is 0.252 e. The van der Waals surface area contributed by atoms with E-state index < -0.39 is 6.04 Å². The summed E-state index contributed by atoms with van der Waals surface area (Å²) in [7, 11) is 1.49. The SMILES string of the molecule is COc1cc(C#N)ccc1NC1CC(=O)N(C(C)C)C1=O. The number of methoxy groups -OCH3 is 1. The van der Waals surface area contributed by atoms with E-state index in [0.29, 0.717) is 17.0 Å². The largest absolute Gasteiger partial charge is 0.495 e. The predicted octanol–water partition coefficient (Wildman–Crippen LogP) is 1.51. The molecule has 0 aromatic heterocycles. The van der Waals surface area contributed by atoms with Crippen molar-refractivity contribution in [3.8, 4) is 11.8 Å². The van der Waals surface area contributed by atoms with Crippen LogP contribution in [0.25, 0.3) is 0 Å². The van der Waals surface area contributed by atoms with Gasteiger partial charge in [-0.1, -0.05) is 0 Å². The average Bonchev–Trinajstić information content (AvgIpc) is 2.73. The molecule has 2 amide bonds. The standard InChI is InChI=1S/C15H17N3O3/c1-9(2)18-14(19)7-12(15(18)20)17-11-5-4-10(8-16)6-13(11)21-3/h4-6,9,12,17H,7H2,1-3H3. The molecule has 0 saturated carbocycles. The number of carbonyl (C=O) groups is 2. The first-order chi connectivity index (χ1) is 9.97. The number of nitrogens with one attached hydrogen (secondary N) is 1. The van der Waals surface area contributed by atoms with Gasteiger partial charge in [-0.3, -0.25) is 14.5 Å². The molecule has 1 saturated heterocycles. The quantitative estimate of drug-likeness (QED) is 0.849. The van der Waals surface area contributed by atoms with Crippen LogP contribution in [0.15, 0.2) is 18.2 Å². The van der Waals surface area contributed by atoms with Crippen LogP contribution < -0.4 is 10.1 Å². The van der Waals surface area contributed by atoms with E-state index in [1.165, 1.54) is 12.0 Å². The van der Waals surface area contributed by atoms with Crippen LogP contribution in [-0.2, 0) is 9.59 Å². The number of likely N-dealkylation sites (tertiary alicyclic amines) is 1. The predicted molar refractivity (Wildman–Crippen MR) is 76.7 cm³/mol. The summed E-state index contributed by atoms with van der Waals surface area (Å²) in [5, 5.41) is 11.9. The van der Waals surface area contributed by atoms with Gasteiger partial charge in [0, 0.05) is 12.1 Å². The van der Waals surface area contributed by atoms with Crippen LogP contribution in [0.5, 0.6) is 5.75 Å². The minimum Gasteiger partial charge on any atom is -0.495 e. The molecule has 1 aromatic rings. The van der Waals surface area contributed by atoms with Crippen molar-refractivity contribution in [3.63, 3.8) is 0 Å². The van der Waals surface area contributed by atoms with Crippen molar-refractivity contribution in [3.05, 3.63) is 23.8 Å². The fraction of sp³-hybridized carbons (Fsp3) is 0.400. The molecule has 1 atom stereocenters. The lowest BCUT2D eigenvalue weighted by molar-refractivity contribution is -0.140. The van der Waals surface area contributed by atoms with Gasteiger partial charge in [0.25, 0.3) is 5.91 Å². The second-order valence-electron chi connectivity index (χ2n) is 5.12. The third-order valence-corrected chi connectivity index (χ3v) is 3.36. The van der Waals surface area contributed by atoms with Gasteiger partial charge in [0.05, 0.1) is 30.9 Å². The van der Waals surface area contributed by atoms with Gasteiger partial charge in [0.2, 0.25) is 5.91 Å². The van der Waals surface area contributed by atoms with Gasteiger partial charge in [-0.05, 0) is 26.0 Å². The van der Waals surface area contributed by atoms with Crippen LogP contribution in [0.1, 0.15) is 25.8 Å². The van der Waals surface area contributed by atoms with Gasteiger partial charge in [-0.25, -0.2) is 0 Å². The highest BCUT2D eigenvalue weighted by Gasteiger charge is 2.40. The molecule has 1 aromatic carbocycles. The lowest BCUT2D eigenvalue weighted by Crippen LogP contribution is -2.39. The molecule has 1 aliphatic rings. The Hall–Kier alpha value is -2.55. The minimum atomic E-state index is -0.596. The molecule has 1 fully saturated rings. The molecule has 1 aliphatic heterocycles. The Kier molecular flexibility index (Phi) is 4.13. The number of nitrogens with zero attached hydrogens (tertiary/aromatic N) is 2. The van der Waals surface area contributed by atoms with Gasteiger partial charge in [-0.15, -0.1) is 0 Å². The second-order valence-corrected chi connectivity index (χ2v) is 5.12. The van der Waals surface area contributed by atoms with Crippen molar-refractivity contribution < 1.29 is 14.3 Å². The number of rotatable bonds is 4. The summed E-state index contributed by atoms with van der Waals surface area (Å²) in [5.41, 5.74) is 1.06. The number of nitriles is 1. The lowest BCUT2D eigenvalue weighted by atomic mass is 10.1. The first kappa shape index (κ1) is 14.9. The van der Waals surface area contributed by atoms with Crippen LogP contribution in [-0.4, -0.2) is 35.9 Å². The fourth-order valence-electron chi connectivity index (χ4n) is 2.37. The van der Waals surface area contributed by atoms with Crippen molar-refractivity contribution in [2.75, 3.05) is 12.4 Å². The van der Waals surface area contributed by atoms with E-state index in [1.807, 2.05) is 6.07 Å². The number of anilines is 1. The van der Waals surface area contributed by atoms with Crippen molar-refractivity contribution in [1.82, 2.24) is 4.90 Å². The highest BCUT2D eigenvalue weighted by Crippen LogP contribution is 2.28. The average molecular weight is 287 g/mol. The number of hydrogen-bond donors (Lipinski definition) is 1. The maximum atomic E-state index is 12.2. The summed E-state index contributed by atoms with van der Waals surface area (Å²) < 4.78 is 5.21. The molecular weight excluding hydrogens is 270 g/mol. The zero-order valence-corrected chi connectivity index (χ0v) is 12.2. The molecule has 1 heterocycles. The van der Waals surface area contributed by atoms with E-state index in [0.717, 1.165) is 0 Å². The van der Waals surface area contributed by atoms with Crippen LogP contribution >= 0.6 is 0 Å². The number of hydrogen-bond acceptors (Lipinski definition) is 5. The maximum absolute atomic E-state index is 12.2. The van der Waals surface area contributed by atoms with Crippen LogP contribution in [0, 0.1) is 11.3 Å². The molecule has 21 heavy (non-hydrogen) atoms. The third-order valence-electron chi connectivity index (χ3n) is 3.36. The first-order valence-corrected chi connectivity index (χ1v) is 6.68. The summed E-state index contributed by atoms with van der Waals surface area (Å²) in [4.78, 5) is 25.4. The lowest BCUT2D eigenvalue weighted by Gasteiger charge is -2.20. The van der Waals surface area contributed by atoms with Gasteiger partial charge in [0.15, 0.2) is 0 Å². The van der Waals surface area contributed by atoms with Gasteiger partial charge >= 0.3 is 0 Å². The highest BCUT2D eigenvalue weighted by molar-refractivity contribution is 6.07. The van der Waals surface area contributed by atoms with Crippen molar-refractivity contribution >= 4 is 17.5 Å². The number of amides is 2. The first-order valence-electron chi connectivity index (χ1n) is 6.68. The Morgan fingerprint density at radius 3 is 2.67 bits per heavy atom. The van der Waals surface area contributed by atoms with Crippen LogP contribution in [0.2, 0.25) is 0 Å². The molecule has 1 unspecified atom stereocenters. The Morgan fingerprint density at radius 1 is 1.43 bits per heavy atom. The number of carbonyl (C=O) groups excluding carboxylic acids is 2. The topological polar surface area (TPSA) is 82.4 Å². The normalized spacial score (nSPS) is 18.0. The summed E-state index contributed by atoms with van der Waals surface area (Å²) in [6.45, 7) is 3.61. The van der Waals surface area contributed by atoms with Crippen molar-refractivity contribution in [2.24, 2.45) is 0 Å². The Bertz CT molecular complexity index is 619. The van der Waals surface area contributed by atoms with E-state index >= 15 is 0 Å². The molecular formula is C15H17N3O3. The van der Waals surface area contributed by atoms with Gasteiger partial charge < -0.3 is 10.1 Å². The van der Waals surface area contributed by atoms with Crippen molar-refractivity contribution in [1.29, 1.82) is 5.26 Å². The molecule has 0 aliphatic carbocycles. The molecule has 0 radical (unpaired) electrons. The Labute approximate surface area is 123 Å². The van der Waals surface area contributed by atoms with E-state index in [1.54, 1.807) is 32.0 Å². The zero-order valence-electron chi connectivity index (χ0n) is 12.2. The maximum Gasteiger partial charge on any atom is 0.252 e. The zero-order chi connectivity index (χ0) is 15.6. The Balaban J connectivity index is 2.22. The van der Waals surface area contributed by atoms with E-state index in [2.05, 4.69) is 5.32 Å². The summed E-state index contributed by atoms with van der Waals surface area (Å²) in [6, 6.07) is 6.17. The van der Waals surface area contributed by atoms with Crippen LogP contribution in [0.3, 0.4) is 0 Å². The molecule has 110 valence electrons. The molecule has 0 spiro atoms. The number of imide groups is 1. The molecule has 0 bridgehead atoms. The van der Waals surface area contributed by atoms with Gasteiger partial charge in [0.1, 0.15) is 11.8 Å².